The third-order valence-corrected chi connectivity index (χ3v) is 9.25. The third-order valence-electron chi connectivity index (χ3n) is 9.25. The summed E-state index contributed by atoms with van der Waals surface area (Å²) in [5.74, 6) is 0.419. The van der Waals surface area contributed by atoms with Gasteiger partial charge in [-0.2, -0.15) is 0 Å². The first-order chi connectivity index (χ1) is 20.3. The van der Waals surface area contributed by atoms with E-state index in [9.17, 15) is 19.5 Å². The molecule has 0 radical (unpaired) electrons. The van der Waals surface area contributed by atoms with E-state index in [-0.39, 0.29) is 43.3 Å². The molecule has 4 N–H and O–H groups in total. The molecule has 2 saturated heterocycles. The molecule has 1 aliphatic carbocycles. The number of aliphatic hydroxyl groups excluding tert-OH is 1. The molecule has 3 amide bonds. The van der Waals surface area contributed by atoms with Crippen molar-refractivity contribution >= 4 is 30.1 Å². The summed E-state index contributed by atoms with van der Waals surface area (Å²) in [6.45, 7) is 5.82. The second-order valence-electron chi connectivity index (χ2n) is 12.3. The highest BCUT2D eigenvalue weighted by Crippen LogP contribution is 2.37. The first kappa shape index (κ1) is 35.1. The molecule has 2 aliphatic heterocycles. The van der Waals surface area contributed by atoms with Crippen LogP contribution in [0.3, 0.4) is 0 Å². The predicted octanol–water partition coefficient (Wildman–Crippen LogP) is 3.04. The van der Waals surface area contributed by atoms with E-state index in [2.05, 4.69) is 22.5 Å². The number of hydrogen-bond donors (Lipinski definition) is 4. The molecule has 43 heavy (non-hydrogen) atoms. The topological polar surface area (TPSA) is 131 Å². The van der Waals surface area contributed by atoms with E-state index < -0.39 is 17.2 Å². The number of ether oxygens (including phenoxy) is 1. The zero-order valence-electron chi connectivity index (χ0n) is 25.7. The molecule has 1 aromatic rings. The van der Waals surface area contributed by atoms with Gasteiger partial charge in [0.05, 0.1) is 18.8 Å². The minimum absolute atomic E-state index is 0. The average molecular weight is 623 g/mol. The lowest BCUT2D eigenvalue weighted by molar-refractivity contribution is -0.163. The predicted molar refractivity (Wildman–Crippen MR) is 167 cm³/mol. The molecule has 3 aliphatic rings. The summed E-state index contributed by atoms with van der Waals surface area (Å²) >= 11 is 0. The second-order valence-corrected chi connectivity index (χ2v) is 12.3. The van der Waals surface area contributed by atoms with Gasteiger partial charge < -0.3 is 35.4 Å². The van der Waals surface area contributed by atoms with Crippen molar-refractivity contribution < 1.29 is 29.3 Å². The van der Waals surface area contributed by atoms with Crippen LogP contribution in [-0.2, 0) is 9.59 Å². The Labute approximate surface area is 262 Å². The summed E-state index contributed by atoms with van der Waals surface area (Å²) < 4.78 is 5.85. The number of carbonyl (C=O) groups excluding carboxylic acids is 3. The maximum Gasteiger partial charge on any atom is 0.251 e. The fourth-order valence-electron chi connectivity index (χ4n) is 6.69. The highest BCUT2D eigenvalue weighted by atomic mass is 35.5. The van der Waals surface area contributed by atoms with E-state index in [0.29, 0.717) is 56.6 Å². The van der Waals surface area contributed by atoms with Crippen LogP contribution in [0.1, 0.15) is 94.3 Å². The maximum atomic E-state index is 13.7. The molecule has 0 aromatic heterocycles. The monoisotopic (exact) mass is 622 g/mol. The number of nitrogens with one attached hydrogen (secondary N) is 2. The van der Waals surface area contributed by atoms with Crippen molar-refractivity contribution in [3.05, 3.63) is 29.8 Å². The number of piperazine rings is 1. The van der Waals surface area contributed by atoms with Gasteiger partial charge >= 0.3 is 0 Å². The van der Waals surface area contributed by atoms with Gasteiger partial charge in [-0.1, -0.05) is 32.6 Å². The summed E-state index contributed by atoms with van der Waals surface area (Å²) in [5.41, 5.74) is -1.13. The first-order valence-corrected chi connectivity index (χ1v) is 16.0. The van der Waals surface area contributed by atoms with Gasteiger partial charge in [0.2, 0.25) is 11.8 Å². The number of halogens is 1. The Bertz CT molecular complexity index is 1040. The SMILES string of the molecule is CCCCN1C(=O)[C@@H](CC2(O)CCCCC2)NC(=O)C12CCN(CCCCOc1ccc(C(=O)NCCO)cc1)CC2.Cl. The van der Waals surface area contributed by atoms with Gasteiger partial charge in [-0.3, -0.25) is 14.4 Å². The van der Waals surface area contributed by atoms with Gasteiger partial charge in [0.25, 0.3) is 5.91 Å². The lowest BCUT2D eigenvalue weighted by Gasteiger charge is -2.52. The zero-order valence-corrected chi connectivity index (χ0v) is 26.5. The Hall–Kier alpha value is -2.40. The van der Waals surface area contributed by atoms with Crippen LogP contribution < -0.4 is 15.4 Å². The van der Waals surface area contributed by atoms with Crippen molar-refractivity contribution in [1.29, 1.82) is 0 Å². The van der Waals surface area contributed by atoms with E-state index in [1.165, 1.54) is 0 Å². The van der Waals surface area contributed by atoms with Crippen LogP contribution in [0, 0.1) is 0 Å². The van der Waals surface area contributed by atoms with Gasteiger partial charge in [0.1, 0.15) is 17.3 Å². The van der Waals surface area contributed by atoms with Crippen molar-refractivity contribution in [2.75, 3.05) is 45.9 Å². The normalized spacial score (nSPS) is 21.7. The number of hydrogen-bond acceptors (Lipinski definition) is 7. The molecule has 1 spiro atoms. The van der Waals surface area contributed by atoms with Crippen LogP contribution in [0.2, 0.25) is 0 Å². The first-order valence-electron chi connectivity index (χ1n) is 16.0. The lowest BCUT2D eigenvalue weighted by Crippen LogP contribution is -2.73. The highest BCUT2D eigenvalue weighted by molar-refractivity contribution is 6.00. The Morgan fingerprint density at radius 2 is 1.72 bits per heavy atom. The number of rotatable bonds is 14. The van der Waals surface area contributed by atoms with E-state index >= 15 is 0 Å². The van der Waals surface area contributed by atoms with Crippen LogP contribution in [0.5, 0.6) is 5.75 Å². The quantitative estimate of drug-likeness (QED) is 0.235. The second kappa shape index (κ2) is 16.6. The van der Waals surface area contributed by atoms with Crippen molar-refractivity contribution in [3.8, 4) is 5.75 Å². The molecule has 10 nitrogen and oxygen atoms in total. The molecule has 1 aromatic carbocycles. The van der Waals surface area contributed by atoms with Crippen molar-refractivity contribution in [3.63, 3.8) is 0 Å². The standard InChI is InChI=1S/C32H50N4O6.ClH/c1-2-3-19-36-29(39)27(24-31(41)13-5-4-6-14-31)34-30(40)32(36)15-20-35(21-16-32)18-7-8-23-42-26-11-9-25(10-12-26)28(38)33-17-22-37;/h9-12,27,37,41H,2-8,13-24H2,1H3,(H,33,38)(H,34,40);1H/t27-;/m1./s1. The Balaban J connectivity index is 0.00000506. The molecule has 3 fully saturated rings. The van der Waals surface area contributed by atoms with E-state index in [0.717, 1.165) is 64.6 Å². The van der Waals surface area contributed by atoms with Gasteiger partial charge in [-0.05, 0) is 75.8 Å². The van der Waals surface area contributed by atoms with Crippen molar-refractivity contribution in [2.45, 2.75) is 101 Å². The number of likely N-dealkylation sites (tertiary alicyclic amines) is 1. The van der Waals surface area contributed by atoms with Crippen LogP contribution in [0.15, 0.2) is 24.3 Å². The molecule has 0 bridgehead atoms. The largest absolute Gasteiger partial charge is 0.494 e. The van der Waals surface area contributed by atoms with Crippen LogP contribution in [-0.4, -0.2) is 101 Å². The summed E-state index contributed by atoms with van der Waals surface area (Å²) in [7, 11) is 0. The summed E-state index contributed by atoms with van der Waals surface area (Å²) in [5, 5.41) is 25.6. The summed E-state index contributed by atoms with van der Waals surface area (Å²) in [4.78, 5) is 43.6. The number of aliphatic hydroxyl groups is 2. The maximum absolute atomic E-state index is 13.7. The Morgan fingerprint density at radius 1 is 1.02 bits per heavy atom. The summed E-state index contributed by atoms with van der Waals surface area (Å²) in [6, 6.07) is 6.33. The smallest absolute Gasteiger partial charge is 0.251 e. The molecule has 1 atom stereocenters. The molecule has 2 heterocycles. The molecule has 11 heteroatoms. The molecule has 242 valence electrons. The number of benzene rings is 1. The number of piperidine rings is 1. The number of nitrogens with zero attached hydrogens (tertiary/aromatic N) is 2. The molecule has 1 saturated carbocycles. The summed E-state index contributed by atoms with van der Waals surface area (Å²) in [6.07, 6.45) is 9.67. The molecule has 4 rings (SSSR count). The van der Waals surface area contributed by atoms with Crippen molar-refractivity contribution in [1.82, 2.24) is 20.4 Å². The van der Waals surface area contributed by atoms with E-state index in [1.54, 1.807) is 24.3 Å². The number of carbonyl (C=O) groups is 3. The van der Waals surface area contributed by atoms with Crippen LogP contribution >= 0.6 is 12.4 Å². The average Bonchev–Trinajstić information content (AvgIpc) is 3.00. The van der Waals surface area contributed by atoms with E-state index in [1.807, 2.05) is 4.90 Å². The number of unbranched alkanes of at least 4 members (excludes halogenated alkanes) is 2. The Kier molecular flexibility index (Phi) is 13.6. The van der Waals surface area contributed by atoms with E-state index in [4.69, 9.17) is 9.84 Å². The number of amides is 3. The fourth-order valence-corrected chi connectivity index (χ4v) is 6.69. The minimum Gasteiger partial charge on any atom is -0.494 e. The lowest BCUT2D eigenvalue weighted by atomic mass is 9.77. The van der Waals surface area contributed by atoms with Gasteiger partial charge in [-0.15, -0.1) is 12.4 Å². The third kappa shape index (κ3) is 9.06. The molecule has 0 unspecified atom stereocenters. The minimum atomic E-state index is -0.861. The van der Waals surface area contributed by atoms with Gasteiger partial charge in [0.15, 0.2) is 0 Å². The van der Waals surface area contributed by atoms with Gasteiger partial charge in [-0.25, -0.2) is 0 Å². The zero-order chi connectivity index (χ0) is 30.0. The molecular formula is C32H51ClN4O6. The van der Waals surface area contributed by atoms with Crippen LogP contribution in [0.25, 0.3) is 0 Å². The van der Waals surface area contributed by atoms with Crippen molar-refractivity contribution in [2.24, 2.45) is 0 Å². The van der Waals surface area contributed by atoms with Gasteiger partial charge in [0, 0.05) is 38.2 Å². The molecular weight excluding hydrogens is 572 g/mol. The Morgan fingerprint density at radius 3 is 2.37 bits per heavy atom. The van der Waals surface area contributed by atoms with Crippen LogP contribution in [0.4, 0.5) is 0 Å². The highest BCUT2D eigenvalue weighted by Gasteiger charge is 2.54. The fraction of sp³-hybridized carbons (Fsp3) is 0.719.